The lowest BCUT2D eigenvalue weighted by Crippen LogP contribution is -2.34. The average Bonchev–Trinajstić information content (AvgIpc) is 3.38. The molecule has 0 aliphatic carbocycles. The summed E-state index contributed by atoms with van der Waals surface area (Å²) in [6.45, 7) is 1.55. The van der Waals surface area contributed by atoms with Gasteiger partial charge in [-0.05, 0) is 12.8 Å². The number of H-pyrrole nitrogens is 3. The molecule has 0 radical (unpaired) electrons. The largest absolute Gasteiger partial charge is 0.438 e. The van der Waals surface area contributed by atoms with E-state index < -0.39 is 17.1 Å². The molecule has 24 heavy (non-hydrogen) atoms. The molecule has 11 nitrogen and oxygen atoms in total. The average molecular weight is 345 g/mol. The molecule has 2 unspecified atom stereocenters. The van der Waals surface area contributed by atoms with Crippen molar-refractivity contribution in [1.82, 2.24) is 15.0 Å². The van der Waals surface area contributed by atoms with Gasteiger partial charge in [0.2, 0.25) is 0 Å². The molecule has 3 heterocycles. The van der Waals surface area contributed by atoms with Gasteiger partial charge in [0, 0.05) is 7.11 Å². The van der Waals surface area contributed by atoms with Gasteiger partial charge in [0.1, 0.15) is 0 Å². The van der Waals surface area contributed by atoms with Crippen LogP contribution >= 0.6 is 0 Å². The van der Waals surface area contributed by atoms with Crippen molar-refractivity contribution in [3.05, 3.63) is 31.5 Å². The van der Waals surface area contributed by atoms with Crippen LogP contribution in [0.4, 0.5) is 0 Å². The minimum atomic E-state index is -0.802. The maximum Gasteiger partial charge on any atom is 0.330 e. The number of hydrogen-bond donors (Lipinski definition) is 3. The van der Waals surface area contributed by atoms with Crippen LogP contribution in [-0.4, -0.2) is 60.2 Å². The van der Waals surface area contributed by atoms with E-state index in [9.17, 15) is 19.2 Å². The third-order valence-corrected chi connectivity index (χ3v) is 3.23. The van der Waals surface area contributed by atoms with E-state index in [2.05, 4.69) is 0 Å². The highest BCUT2D eigenvalue weighted by Gasteiger charge is 2.36. The maximum absolute atomic E-state index is 11.6. The van der Waals surface area contributed by atoms with Gasteiger partial charge < -0.3 is 18.9 Å². The number of epoxide rings is 2. The van der Waals surface area contributed by atoms with E-state index in [1.165, 1.54) is 7.11 Å². The number of nitrogens with one attached hydrogen (secondary N) is 3. The number of ether oxygens (including phenoxy) is 4. The van der Waals surface area contributed by atoms with Gasteiger partial charge in [-0.3, -0.25) is 19.7 Å². The molecular weight excluding hydrogens is 326 g/mol. The molecule has 0 spiro atoms. The number of rotatable bonds is 7. The van der Waals surface area contributed by atoms with Crippen LogP contribution in [0.1, 0.15) is 12.8 Å². The summed E-state index contributed by atoms with van der Waals surface area (Å²) >= 11 is 0. The van der Waals surface area contributed by atoms with Gasteiger partial charge in [-0.15, -0.1) is 0 Å². The van der Waals surface area contributed by atoms with Gasteiger partial charge in [0.15, 0.2) is 6.79 Å². The Labute approximate surface area is 135 Å². The van der Waals surface area contributed by atoms with Crippen molar-refractivity contribution in [1.29, 1.82) is 0 Å². The minimum Gasteiger partial charge on any atom is -0.438 e. The van der Waals surface area contributed by atoms with Crippen molar-refractivity contribution < 1.29 is 23.7 Å². The molecular formula is C13H19N3O8. The van der Waals surface area contributed by atoms with E-state index in [0.29, 0.717) is 0 Å². The molecule has 2 fully saturated rings. The predicted octanol–water partition coefficient (Wildman–Crippen LogP) is -1.92. The third kappa shape index (κ3) is 6.89. The lowest BCUT2D eigenvalue weighted by Gasteiger charge is -2.13. The van der Waals surface area contributed by atoms with Crippen LogP contribution < -0.4 is 17.1 Å². The van der Waals surface area contributed by atoms with E-state index in [1.807, 2.05) is 0 Å². The van der Waals surface area contributed by atoms with E-state index in [-0.39, 0.29) is 30.9 Å². The van der Waals surface area contributed by atoms with Crippen LogP contribution in [0.15, 0.2) is 14.4 Å². The number of esters is 1. The van der Waals surface area contributed by atoms with E-state index >= 15 is 0 Å². The first-order chi connectivity index (χ1) is 11.5. The lowest BCUT2D eigenvalue weighted by molar-refractivity contribution is -0.159. The zero-order chi connectivity index (χ0) is 17.5. The molecule has 2 atom stereocenters. The third-order valence-electron chi connectivity index (χ3n) is 3.23. The van der Waals surface area contributed by atoms with Crippen LogP contribution in [0.3, 0.4) is 0 Å². The molecule has 11 heteroatoms. The highest BCUT2D eigenvalue weighted by Crippen LogP contribution is 2.28. The minimum absolute atomic E-state index is 0.0202. The Kier molecular flexibility index (Phi) is 6.46. The SMILES string of the molecule is COCOC(=O)C(CC1CO1)CC1CO1.O=c1[nH]c(=O)[nH]c(=O)[nH]1. The molecule has 3 rings (SSSR count). The molecule has 0 saturated carbocycles. The molecule has 1 aromatic rings. The first-order valence-electron chi connectivity index (χ1n) is 7.29. The summed E-state index contributed by atoms with van der Waals surface area (Å²) in [6, 6.07) is 0. The van der Waals surface area contributed by atoms with Crippen LogP contribution in [0.2, 0.25) is 0 Å². The Hall–Kier alpha value is -2.24. The van der Waals surface area contributed by atoms with Crippen LogP contribution in [0.25, 0.3) is 0 Å². The molecule has 1 aromatic heterocycles. The van der Waals surface area contributed by atoms with Crippen LogP contribution in [0.5, 0.6) is 0 Å². The summed E-state index contributed by atoms with van der Waals surface area (Å²) in [5.41, 5.74) is -2.41. The van der Waals surface area contributed by atoms with Gasteiger partial charge in [-0.25, -0.2) is 14.4 Å². The Morgan fingerprint density at radius 1 is 1.04 bits per heavy atom. The van der Waals surface area contributed by atoms with E-state index in [0.717, 1.165) is 26.1 Å². The van der Waals surface area contributed by atoms with Gasteiger partial charge >= 0.3 is 23.0 Å². The number of carbonyl (C=O) groups is 1. The number of aromatic amines is 3. The summed E-state index contributed by atoms with van der Waals surface area (Å²) in [4.78, 5) is 47.5. The van der Waals surface area contributed by atoms with Crippen molar-refractivity contribution in [2.45, 2.75) is 25.0 Å². The molecule has 3 N–H and O–H groups in total. The smallest absolute Gasteiger partial charge is 0.330 e. The number of aromatic nitrogens is 3. The summed E-state index contributed by atoms with van der Waals surface area (Å²) in [5.74, 6) is -0.317. The quantitative estimate of drug-likeness (QED) is 0.293. The van der Waals surface area contributed by atoms with Gasteiger partial charge in [0.25, 0.3) is 0 Å². The maximum atomic E-state index is 11.6. The zero-order valence-corrected chi connectivity index (χ0v) is 13.0. The number of hydrogen-bond acceptors (Lipinski definition) is 8. The van der Waals surface area contributed by atoms with E-state index in [1.54, 1.807) is 15.0 Å². The second kappa shape index (κ2) is 8.57. The van der Waals surface area contributed by atoms with Gasteiger partial charge in [0.05, 0.1) is 31.3 Å². The monoisotopic (exact) mass is 345 g/mol. The number of carbonyl (C=O) groups excluding carboxylic acids is 1. The second-order valence-corrected chi connectivity index (χ2v) is 5.31. The summed E-state index contributed by atoms with van der Waals surface area (Å²) < 4.78 is 19.9. The summed E-state index contributed by atoms with van der Waals surface area (Å²) in [7, 11) is 1.50. The zero-order valence-electron chi connectivity index (χ0n) is 13.0. The summed E-state index contributed by atoms with van der Waals surface area (Å²) in [5, 5.41) is 0. The fourth-order valence-electron chi connectivity index (χ4n) is 1.97. The number of methoxy groups -OCH3 is 1. The Balaban J connectivity index is 0.000000198. The van der Waals surface area contributed by atoms with Crippen molar-refractivity contribution in [2.24, 2.45) is 5.92 Å². The van der Waals surface area contributed by atoms with Crippen LogP contribution in [-0.2, 0) is 23.7 Å². The first-order valence-corrected chi connectivity index (χ1v) is 7.29. The summed E-state index contributed by atoms with van der Waals surface area (Å²) in [6.07, 6.45) is 1.96. The molecule has 0 amide bonds. The molecule has 0 aromatic carbocycles. The Bertz CT molecular complexity index is 607. The fraction of sp³-hybridized carbons (Fsp3) is 0.692. The van der Waals surface area contributed by atoms with Crippen LogP contribution in [0, 0.1) is 5.92 Å². The molecule has 134 valence electrons. The first kappa shape index (κ1) is 18.1. The Morgan fingerprint density at radius 3 is 1.79 bits per heavy atom. The van der Waals surface area contributed by atoms with E-state index in [4.69, 9.17) is 18.9 Å². The van der Waals surface area contributed by atoms with Crippen molar-refractivity contribution in [3.8, 4) is 0 Å². The standard InChI is InChI=1S/C10H16O5.C3H3N3O3/c1-12-6-15-10(11)7(2-8-4-13-8)3-9-5-14-9;7-1-4-2(8)6-3(9)5-1/h7-9H,2-6H2,1H3;(H3,4,5,6,7,8,9). The highest BCUT2D eigenvalue weighted by atomic mass is 16.7. The normalized spacial score (nSPS) is 22.0. The molecule has 2 aliphatic heterocycles. The topological polar surface area (TPSA) is 159 Å². The molecule has 2 aliphatic rings. The van der Waals surface area contributed by atoms with Crippen molar-refractivity contribution in [3.63, 3.8) is 0 Å². The van der Waals surface area contributed by atoms with Gasteiger partial charge in [-0.2, -0.15) is 0 Å². The fourth-order valence-corrected chi connectivity index (χ4v) is 1.97. The van der Waals surface area contributed by atoms with Gasteiger partial charge in [-0.1, -0.05) is 0 Å². The molecule has 0 bridgehead atoms. The van der Waals surface area contributed by atoms with Crippen molar-refractivity contribution >= 4 is 5.97 Å². The second-order valence-electron chi connectivity index (χ2n) is 5.31. The van der Waals surface area contributed by atoms with Crippen molar-refractivity contribution in [2.75, 3.05) is 27.1 Å². The highest BCUT2D eigenvalue weighted by molar-refractivity contribution is 5.72. The molecule has 2 saturated heterocycles. The lowest BCUT2D eigenvalue weighted by atomic mass is 9.98. The Morgan fingerprint density at radius 2 is 1.46 bits per heavy atom. The predicted molar refractivity (Wildman–Crippen MR) is 78.5 cm³/mol.